The number of rotatable bonds is 4. The van der Waals surface area contributed by atoms with Crippen LogP contribution in [0.1, 0.15) is 25.7 Å². The molecule has 5 nitrogen and oxygen atoms in total. The normalized spacial score (nSPS) is 25.7. The molecule has 8 heteroatoms. The second-order valence-electron chi connectivity index (χ2n) is 5.52. The fraction of sp³-hybridized carbons (Fsp3) is 0.500. The second-order valence-corrected chi connectivity index (χ2v) is 7.36. The van der Waals surface area contributed by atoms with E-state index in [1.165, 1.54) is 28.6 Å². The zero-order valence-corrected chi connectivity index (χ0v) is 12.4. The summed E-state index contributed by atoms with van der Waals surface area (Å²) in [5.74, 6) is 0.00498. The van der Waals surface area contributed by atoms with Crippen molar-refractivity contribution in [3.05, 3.63) is 24.3 Å². The van der Waals surface area contributed by atoms with Gasteiger partial charge in [-0.2, -0.15) is 13.1 Å². The number of alkyl halides is 2. The molecule has 0 saturated carbocycles. The zero-order valence-electron chi connectivity index (χ0n) is 11.6. The Morgan fingerprint density at radius 2 is 1.64 bits per heavy atom. The Hall–Kier alpha value is -1.54. The van der Waals surface area contributed by atoms with Gasteiger partial charge in [-0.25, -0.2) is 8.42 Å². The lowest BCUT2D eigenvalue weighted by molar-refractivity contribution is -0.122. The van der Waals surface area contributed by atoms with Gasteiger partial charge in [0.05, 0.1) is 4.90 Å². The Balaban J connectivity index is 1.86. The maximum Gasteiger partial charge on any atom is 0.387 e. The molecular formula is C14H15F2NO4S. The smallest absolute Gasteiger partial charge is 0.387 e. The molecule has 2 saturated heterocycles. The molecular weight excluding hydrogens is 316 g/mol. The average molecular weight is 331 g/mol. The van der Waals surface area contributed by atoms with Gasteiger partial charge in [0.15, 0.2) is 0 Å². The summed E-state index contributed by atoms with van der Waals surface area (Å²) in [7, 11) is -3.73. The summed E-state index contributed by atoms with van der Waals surface area (Å²) < 4.78 is 55.3. The maximum atomic E-state index is 12.7. The van der Waals surface area contributed by atoms with Crippen molar-refractivity contribution < 1.29 is 26.7 Å². The van der Waals surface area contributed by atoms with Crippen molar-refractivity contribution in [3.8, 4) is 5.75 Å². The van der Waals surface area contributed by atoms with Crippen LogP contribution in [0.15, 0.2) is 29.2 Å². The standard InChI is InChI=1S/C14H15F2NO4S/c15-14(16)21-12-3-5-13(6-4-12)22(19,20)17-9-1-2-10(17)8-11(18)7-9/h3-6,9-10,14H,1-2,7-8H2. The fourth-order valence-electron chi connectivity index (χ4n) is 3.24. The van der Waals surface area contributed by atoms with Gasteiger partial charge in [-0.1, -0.05) is 0 Å². The summed E-state index contributed by atoms with van der Waals surface area (Å²) in [6, 6.07) is 4.35. The number of fused-ring (bicyclic) bond motifs is 2. The number of ether oxygens (including phenoxy) is 1. The Morgan fingerprint density at radius 1 is 1.09 bits per heavy atom. The van der Waals surface area contributed by atoms with Crippen molar-refractivity contribution in [2.75, 3.05) is 0 Å². The highest BCUT2D eigenvalue weighted by molar-refractivity contribution is 7.89. The van der Waals surface area contributed by atoms with Gasteiger partial charge in [0.2, 0.25) is 10.0 Å². The summed E-state index contributed by atoms with van der Waals surface area (Å²) in [6.45, 7) is -2.95. The van der Waals surface area contributed by atoms with Gasteiger partial charge < -0.3 is 4.74 Å². The number of hydrogen-bond donors (Lipinski definition) is 0. The molecule has 2 aliphatic rings. The van der Waals surface area contributed by atoms with E-state index in [2.05, 4.69) is 4.74 Å². The van der Waals surface area contributed by atoms with Crippen LogP contribution in [-0.4, -0.2) is 37.2 Å². The van der Waals surface area contributed by atoms with E-state index in [4.69, 9.17) is 0 Å². The minimum atomic E-state index is -3.73. The minimum absolute atomic E-state index is 0.0281. The van der Waals surface area contributed by atoms with Crippen molar-refractivity contribution in [1.82, 2.24) is 4.31 Å². The zero-order chi connectivity index (χ0) is 15.9. The van der Waals surface area contributed by atoms with Crippen LogP contribution >= 0.6 is 0 Å². The van der Waals surface area contributed by atoms with Gasteiger partial charge >= 0.3 is 6.61 Å². The first-order valence-corrected chi connectivity index (χ1v) is 8.42. The SMILES string of the molecule is O=C1CC2CCC(C1)N2S(=O)(=O)c1ccc(OC(F)F)cc1. The van der Waals surface area contributed by atoms with Crippen molar-refractivity contribution >= 4 is 15.8 Å². The molecule has 2 fully saturated rings. The lowest BCUT2D eigenvalue weighted by atomic mass is 10.0. The highest BCUT2D eigenvalue weighted by atomic mass is 32.2. The molecule has 0 aromatic heterocycles. The Labute approximate surface area is 126 Å². The van der Waals surface area contributed by atoms with E-state index in [-0.39, 0.29) is 41.4 Å². The molecule has 2 atom stereocenters. The van der Waals surface area contributed by atoms with E-state index >= 15 is 0 Å². The van der Waals surface area contributed by atoms with E-state index in [1.807, 2.05) is 0 Å². The van der Waals surface area contributed by atoms with Crippen molar-refractivity contribution in [3.63, 3.8) is 0 Å². The second kappa shape index (κ2) is 5.58. The first-order valence-electron chi connectivity index (χ1n) is 6.98. The van der Waals surface area contributed by atoms with Gasteiger partial charge in [-0.3, -0.25) is 4.79 Å². The van der Waals surface area contributed by atoms with Crippen LogP contribution in [0.4, 0.5) is 8.78 Å². The Bertz CT molecular complexity index is 659. The molecule has 22 heavy (non-hydrogen) atoms. The molecule has 1 aromatic rings. The van der Waals surface area contributed by atoms with Gasteiger partial charge in [0, 0.05) is 24.9 Å². The van der Waals surface area contributed by atoms with Gasteiger partial charge in [0.1, 0.15) is 11.5 Å². The van der Waals surface area contributed by atoms with Crippen LogP contribution in [0, 0.1) is 0 Å². The van der Waals surface area contributed by atoms with E-state index < -0.39 is 16.6 Å². The molecule has 2 unspecified atom stereocenters. The summed E-state index contributed by atoms with van der Waals surface area (Å²) in [4.78, 5) is 11.6. The number of Topliss-reactive ketones (excluding diaryl/α,β-unsaturated/α-hetero) is 1. The fourth-order valence-corrected chi connectivity index (χ4v) is 5.11. The molecule has 2 aliphatic heterocycles. The number of carbonyl (C=O) groups is 1. The predicted octanol–water partition coefficient (Wildman–Crippen LogP) is 2.17. The Kier molecular flexibility index (Phi) is 3.90. The number of piperidine rings is 1. The molecule has 2 heterocycles. The molecule has 1 aromatic carbocycles. The predicted molar refractivity (Wildman–Crippen MR) is 73.1 cm³/mol. The number of benzene rings is 1. The lowest BCUT2D eigenvalue weighted by Crippen LogP contribution is -2.46. The summed E-state index contributed by atoms with van der Waals surface area (Å²) in [5.41, 5.74) is 0. The van der Waals surface area contributed by atoms with Crippen molar-refractivity contribution in [1.29, 1.82) is 0 Å². The van der Waals surface area contributed by atoms with E-state index in [0.717, 1.165) is 0 Å². The molecule has 3 rings (SSSR count). The van der Waals surface area contributed by atoms with Crippen molar-refractivity contribution in [2.45, 2.75) is 49.3 Å². The largest absolute Gasteiger partial charge is 0.435 e. The molecule has 0 aliphatic carbocycles. The first-order chi connectivity index (χ1) is 10.4. The molecule has 0 amide bonds. The third-order valence-corrected chi connectivity index (χ3v) is 6.12. The van der Waals surface area contributed by atoms with Gasteiger partial charge in [-0.15, -0.1) is 0 Å². The number of ketones is 1. The number of nitrogens with zero attached hydrogens (tertiary/aromatic N) is 1. The third kappa shape index (κ3) is 2.72. The van der Waals surface area contributed by atoms with Crippen LogP contribution < -0.4 is 4.74 Å². The maximum absolute atomic E-state index is 12.7. The summed E-state index contributed by atoms with van der Waals surface area (Å²) >= 11 is 0. The Morgan fingerprint density at radius 3 is 2.14 bits per heavy atom. The summed E-state index contributed by atoms with van der Waals surface area (Å²) in [5, 5.41) is 0. The highest BCUT2D eigenvalue weighted by Crippen LogP contribution is 2.38. The lowest BCUT2D eigenvalue weighted by Gasteiger charge is -2.32. The van der Waals surface area contributed by atoms with E-state index in [9.17, 15) is 22.0 Å². The van der Waals surface area contributed by atoms with Gasteiger partial charge in [0.25, 0.3) is 0 Å². The number of halogens is 2. The van der Waals surface area contributed by atoms with Crippen LogP contribution in [0.25, 0.3) is 0 Å². The third-order valence-electron chi connectivity index (χ3n) is 4.10. The quantitative estimate of drug-likeness (QED) is 0.848. The van der Waals surface area contributed by atoms with Crippen LogP contribution in [0.3, 0.4) is 0 Å². The minimum Gasteiger partial charge on any atom is -0.435 e. The summed E-state index contributed by atoms with van der Waals surface area (Å²) in [6.07, 6.45) is 1.87. The van der Waals surface area contributed by atoms with Crippen LogP contribution in [0.5, 0.6) is 5.75 Å². The molecule has 0 spiro atoms. The van der Waals surface area contributed by atoms with E-state index in [0.29, 0.717) is 12.8 Å². The first kappa shape index (κ1) is 15.4. The van der Waals surface area contributed by atoms with Crippen molar-refractivity contribution in [2.24, 2.45) is 0 Å². The molecule has 2 bridgehead atoms. The average Bonchev–Trinajstić information content (AvgIpc) is 2.72. The number of sulfonamides is 1. The van der Waals surface area contributed by atoms with Crippen LogP contribution in [-0.2, 0) is 14.8 Å². The number of hydrogen-bond acceptors (Lipinski definition) is 4. The monoisotopic (exact) mass is 331 g/mol. The molecule has 120 valence electrons. The highest BCUT2D eigenvalue weighted by Gasteiger charge is 2.46. The van der Waals surface area contributed by atoms with Gasteiger partial charge in [-0.05, 0) is 37.1 Å². The molecule has 0 radical (unpaired) electrons. The topological polar surface area (TPSA) is 63.7 Å². The molecule has 0 N–H and O–H groups in total. The van der Waals surface area contributed by atoms with Crippen LogP contribution in [0.2, 0.25) is 0 Å². The number of carbonyl (C=O) groups excluding carboxylic acids is 1. The van der Waals surface area contributed by atoms with E-state index in [1.54, 1.807) is 0 Å².